The van der Waals surface area contributed by atoms with E-state index in [1.165, 1.54) is 88.2 Å². The van der Waals surface area contributed by atoms with Crippen molar-refractivity contribution in [1.82, 2.24) is 0 Å². The van der Waals surface area contributed by atoms with Crippen LogP contribution in [0.2, 0.25) is 0 Å². The molecular formula is C29H44N2S. The van der Waals surface area contributed by atoms with Crippen molar-refractivity contribution < 1.29 is 0 Å². The van der Waals surface area contributed by atoms with E-state index in [4.69, 9.17) is 12.2 Å². The summed E-state index contributed by atoms with van der Waals surface area (Å²) < 4.78 is 0. The van der Waals surface area contributed by atoms with Crippen LogP contribution in [-0.2, 0) is 12.8 Å². The summed E-state index contributed by atoms with van der Waals surface area (Å²) in [6, 6.07) is 17.2. The van der Waals surface area contributed by atoms with Crippen LogP contribution < -0.4 is 10.6 Å². The zero-order chi connectivity index (χ0) is 22.9. The molecule has 0 saturated heterocycles. The Balaban J connectivity index is 1.84. The van der Waals surface area contributed by atoms with E-state index in [2.05, 4.69) is 73.0 Å². The highest BCUT2D eigenvalue weighted by Gasteiger charge is 2.07. The number of benzene rings is 2. The summed E-state index contributed by atoms with van der Waals surface area (Å²) in [5, 5.41) is 7.59. The molecule has 0 atom stereocenters. The summed E-state index contributed by atoms with van der Waals surface area (Å²) >= 11 is 5.68. The SMILES string of the molecule is CCCCCCCCc1ccccc1NC(=S)Nc1ccccc1CCCCCCCC. The summed E-state index contributed by atoms with van der Waals surface area (Å²) in [5.41, 5.74) is 4.97. The number of thiocarbonyl (C=S) groups is 1. The molecule has 2 aromatic rings. The van der Waals surface area contributed by atoms with Gasteiger partial charge in [-0.25, -0.2) is 0 Å². The Bertz CT molecular complexity index is 708. The number of para-hydroxylation sites is 2. The molecule has 3 heteroatoms. The van der Waals surface area contributed by atoms with E-state index >= 15 is 0 Å². The van der Waals surface area contributed by atoms with Crippen LogP contribution in [0.25, 0.3) is 0 Å². The monoisotopic (exact) mass is 452 g/mol. The Morgan fingerprint density at radius 1 is 0.562 bits per heavy atom. The number of unbranched alkanes of at least 4 members (excludes halogenated alkanes) is 10. The third-order valence-corrected chi connectivity index (χ3v) is 6.33. The van der Waals surface area contributed by atoms with E-state index in [0.717, 1.165) is 24.2 Å². The first kappa shape index (κ1) is 26.4. The Morgan fingerprint density at radius 2 is 0.938 bits per heavy atom. The van der Waals surface area contributed by atoms with Gasteiger partial charge in [0.1, 0.15) is 0 Å². The van der Waals surface area contributed by atoms with Gasteiger partial charge in [-0.2, -0.15) is 0 Å². The maximum atomic E-state index is 5.68. The highest BCUT2D eigenvalue weighted by Crippen LogP contribution is 2.21. The van der Waals surface area contributed by atoms with Crippen molar-refractivity contribution in [2.75, 3.05) is 10.6 Å². The van der Waals surface area contributed by atoms with Crippen molar-refractivity contribution in [2.24, 2.45) is 0 Å². The van der Waals surface area contributed by atoms with Gasteiger partial charge in [0.2, 0.25) is 0 Å². The summed E-state index contributed by atoms with van der Waals surface area (Å²) in [6.45, 7) is 4.54. The minimum atomic E-state index is 0.677. The molecule has 2 N–H and O–H groups in total. The number of aryl methyl sites for hydroxylation is 2. The predicted octanol–water partition coefficient (Wildman–Crippen LogP) is 9.30. The van der Waals surface area contributed by atoms with Crippen LogP contribution in [0.4, 0.5) is 11.4 Å². The van der Waals surface area contributed by atoms with Gasteiger partial charge in [-0.05, 0) is 61.2 Å². The number of anilines is 2. The number of hydrogen-bond donors (Lipinski definition) is 2. The first-order valence-corrected chi connectivity index (χ1v) is 13.4. The Kier molecular flexibility index (Phi) is 13.8. The molecule has 0 aliphatic heterocycles. The van der Waals surface area contributed by atoms with E-state index in [1.54, 1.807) is 0 Å². The van der Waals surface area contributed by atoms with Crippen LogP contribution in [-0.4, -0.2) is 5.11 Å². The fourth-order valence-electron chi connectivity index (χ4n) is 4.19. The average molecular weight is 453 g/mol. The van der Waals surface area contributed by atoms with Crippen molar-refractivity contribution in [3.63, 3.8) is 0 Å². The van der Waals surface area contributed by atoms with Gasteiger partial charge in [-0.15, -0.1) is 0 Å². The van der Waals surface area contributed by atoms with E-state index in [-0.39, 0.29) is 0 Å². The second kappa shape index (κ2) is 16.7. The highest BCUT2D eigenvalue weighted by atomic mass is 32.1. The molecule has 0 bridgehead atoms. The third kappa shape index (κ3) is 10.6. The molecule has 0 spiro atoms. The molecule has 0 aliphatic rings. The summed E-state index contributed by atoms with van der Waals surface area (Å²) in [7, 11) is 0. The molecule has 176 valence electrons. The molecule has 0 unspecified atom stereocenters. The average Bonchev–Trinajstić information content (AvgIpc) is 2.80. The van der Waals surface area contributed by atoms with Crippen molar-refractivity contribution in [1.29, 1.82) is 0 Å². The molecule has 0 amide bonds. The molecule has 0 fully saturated rings. The van der Waals surface area contributed by atoms with E-state index in [9.17, 15) is 0 Å². The van der Waals surface area contributed by atoms with Crippen LogP contribution in [0.1, 0.15) is 102 Å². The lowest BCUT2D eigenvalue weighted by Gasteiger charge is -2.16. The largest absolute Gasteiger partial charge is 0.332 e. The van der Waals surface area contributed by atoms with Crippen molar-refractivity contribution in [3.05, 3.63) is 59.7 Å². The molecule has 2 rings (SSSR count). The Morgan fingerprint density at radius 3 is 1.38 bits per heavy atom. The van der Waals surface area contributed by atoms with Crippen molar-refractivity contribution in [2.45, 2.75) is 104 Å². The van der Waals surface area contributed by atoms with Crippen LogP contribution >= 0.6 is 12.2 Å². The molecule has 0 radical (unpaired) electrons. The normalized spacial score (nSPS) is 10.8. The third-order valence-electron chi connectivity index (χ3n) is 6.13. The second-order valence-electron chi connectivity index (χ2n) is 8.93. The standard InChI is InChI=1S/C29H44N2S/c1-3-5-7-9-11-13-19-25-21-15-17-23-27(25)30-29(32)31-28-24-18-16-22-26(28)20-14-12-10-8-6-4-2/h15-18,21-24H,3-14,19-20H2,1-2H3,(H2,30,31,32). The van der Waals surface area contributed by atoms with Gasteiger partial charge < -0.3 is 10.6 Å². The van der Waals surface area contributed by atoms with Crippen LogP contribution in [0.3, 0.4) is 0 Å². The summed E-state index contributed by atoms with van der Waals surface area (Å²) in [4.78, 5) is 0. The van der Waals surface area contributed by atoms with E-state index in [1.807, 2.05) is 0 Å². The molecular weight excluding hydrogens is 408 g/mol. The first-order chi connectivity index (χ1) is 15.7. The maximum Gasteiger partial charge on any atom is 0.175 e. The zero-order valence-corrected chi connectivity index (χ0v) is 21.2. The molecule has 0 saturated carbocycles. The second-order valence-corrected chi connectivity index (χ2v) is 9.34. The topological polar surface area (TPSA) is 24.1 Å². The zero-order valence-electron chi connectivity index (χ0n) is 20.4. The van der Waals surface area contributed by atoms with Crippen LogP contribution in [0, 0.1) is 0 Å². The molecule has 0 aromatic heterocycles. The predicted molar refractivity (Wildman–Crippen MR) is 147 cm³/mol. The number of rotatable bonds is 16. The summed E-state index contributed by atoms with van der Waals surface area (Å²) in [5.74, 6) is 0. The maximum absolute atomic E-state index is 5.68. The first-order valence-electron chi connectivity index (χ1n) is 13.0. The van der Waals surface area contributed by atoms with Gasteiger partial charge in [0.25, 0.3) is 0 Å². The van der Waals surface area contributed by atoms with Gasteiger partial charge in [-0.1, -0.05) is 114 Å². The molecule has 0 aliphatic carbocycles. The van der Waals surface area contributed by atoms with Gasteiger partial charge in [0, 0.05) is 11.4 Å². The minimum absolute atomic E-state index is 0.677. The van der Waals surface area contributed by atoms with E-state index < -0.39 is 0 Å². The summed E-state index contributed by atoms with van der Waals surface area (Å²) in [6.07, 6.45) is 18.1. The quantitative estimate of drug-likeness (QED) is 0.196. The van der Waals surface area contributed by atoms with Gasteiger partial charge in [-0.3, -0.25) is 0 Å². The highest BCUT2D eigenvalue weighted by molar-refractivity contribution is 7.80. The molecule has 2 nitrogen and oxygen atoms in total. The van der Waals surface area contributed by atoms with Gasteiger partial charge in [0.15, 0.2) is 5.11 Å². The van der Waals surface area contributed by atoms with Crippen molar-refractivity contribution in [3.8, 4) is 0 Å². The van der Waals surface area contributed by atoms with Gasteiger partial charge >= 0.3 is 0 Å². The fraction of sp³-hybridized carbons (Fsp3) is 0.552. The van der Waals surface area contributed by atoms with Gasteiger partial charge in [0.05, 0.1) is 0 Å². The lowest BCUT2D eigenvalue weighted by molar-refractivity contribution is 0.608. The Hall–Kier alpha value is -1.87. The number of nitrogens with one attached hydrogen (secondary N) is 2. The lowest BCUT2D eigenvalue weighted by Crippen LogP contribution is -2.20. The molecule has 2 aromatic carbocycles. The molecule has 0 heterocycles. The number of hydrogen-bond acceptors (Lipinski definition) is 1. The van der Waals surface area contributed by atoms with E-state index in [0.29, 0.717) is 5.11 Å². The molecule has 32 heavy (non-hydrogen) atoms. The minimum Gasteiger partial charge on any atom is -0.332 e. The van der Waals surface area contributed by atoms with Crippen molar-refractivity contribution >= 4 is 28.7 Å². The Labute approximate surface area is 202 Å². The smallest absolute Gasteiger partial charge is 0.175 e. The fourth-order valence-corrected chi connectivity index (χ4v) is 4.41. The van der Waals surface area contributed by atoms with Crippen LogP contribution in [0.15, 0.2) is 48.5 Å². The van der Waals surface area contributed by atoms with Crippen LogP contribution in [0.5, 0.6) is 0 Å². The lowest BCUT2D eigenvalue weighted by atomic mass is 10.0.